The number of hydrogen-bond donors (Lipinski definition) is 2. The van der Waals surface area contributed by atoms with E-state index >= 15 is 0 Å². The number of tetrazole rings is 1. The summed E-state index contributed by atoms with van der Waals surface area (Å²) >= 11 is 4.68. The lowest BCUT2D eigenvalue weighted by Crippen LogP contribution is -2.16. The molecule has 1 rings (SSSR count). The second kappa shape index (κ2) is 2.79. The zero-order chi connectivity index (χ0) is 8.43. The van der Waals surface area contributed by atoms with Crippen LogP contribution < -0.4 is 0 Å². The van der Waals surface area contributed by atoms with E-state index < -0.39 is 12.0 Å². The minimum atomic E-state index is -0.979. The maximum absolute atomic E-state index is 10.4. The van der Waals surface area contributed by atoms with Crippen LogP contribution in [0.1, 0.15) is 13.0 Å². The fourth-order valence-corrected chi connectivity index (χ4v) is 0.807. The van der Waals surface area contributed by atoms with E-state index in [9.17, 15) is 4.79 Å². The van der Waals surface area contributed by atoms with Gasteiger partial charge in [0, 0.05) is 0 Å². The Labute approximate surface area is 66.8 Å². The fourth-order valence-electron chi connectivity index (χ4n) is 0.567. The van der Waals surface area contributed by atoms with Crippen molar-refractivity contribution in [3.05, 3.63) is 4.77 Å². The molecule has 0 bridgehead atoms. The number of hydrogen-bond acceptors (Lipinski definition) is 4. The Balaban J connectivity index is 3.02. The largest absolute Gasteiger partial charge is 0.480 e. The molecule has 1 atom stereocenters. The second-order valence-electron chi connectivity index (χ2n) is 1.97. The number of carboxylic acids is 1. The molecule has 7 heteroatoms. The molecule has 0 aliphatic heterocycles. The van der Waals surface area contributed by atoms with Crippen molar-refractivity contribution in [2.24, 2.45) is 0 Å². The Morgan fingerprint density at radius 2 is 2.55 bits per heavy atom. The highest BCUT2D eigenvalue weighted by molar-refractivity contribution is 7.71. The van der Waals surface area contributed by atoms with E-state index in [-0.39, 0.29) is 4.77 Å². The molecule has 0 amide bonds. The van der Waals surface area contributed by atoms with Crippen LogP contribution in [-0.4, -0.2) is 31.3 Å². The van der Waals surface area contributed by atoms with E-state index in [1.807, 2.05) is 0 Å². The van der Waals surface area contributed by atoms with Gasteiger partial charge in [-0.1, -0.05) is 10.3 Å². The van der Waals surface area contributed by atoms with E-state index in [1.165, 1.54) is 11.6 Å². The molecule has 0 aromatic carbocycles. The van der Waals surface area contributed by atoms with Crippen molar-refractivity contribution in [3.8, 4) is 0 Å². The normalized spacial score (nSPS) is 12.8. The molecule has 2 N–H and O–H groups in total. The van der Waals surface area contributed by atoms with E-state index in [4.69, 9.17) is 5.11 Å². The molecule has 0 fully saturated rings. The molecule has 0 spiro atoms. The highest BCUT2D eigenvalue weighted by Crippen LogP contribution is 2.01. The Bertz CT molecular complexity index is 316. The molecule has 0 saturated carbocycles. The summed E-state index contributed by atoms with van der Waals surface area (Å²) in [6.07, 6.45) is 0. The topological polar surface area (TPSA) is 83.8 Å². The summed E-state index contributed by atoms with van der Waals surface area (Å²) in [6, 6.07) is -0.752. The van der Waals surface area contributed by atoms with Crippen LogP contribution in [0.3, 0.4) is 0 Å². The predicted octanol–water partition coefficient (Wildman–Crippen LogP) is -0.0187. The monoisotopic (exact) mass is 174 g/mol. The van der Waals surface area contributed by atoms with Gasteiger partial charge in [0.05, 0.1) is 0 Å². The SMILES string of the molecule is CC(C(=O)O)n1[nH]nnc1=S. The van der Waals surface area contributed by atoms with Crippen LogP contribution >= 0.6 is 12.2 Å². The van der Waals surface area contributed by atoms with Crippen LogP contribution in [0, 0.1) is 4.77 Å². The Hall–Kier alpha value is -1.24. The number of H-pyrrole nitrogens is 1. The summed E-state index contributed by atoms with van der Waals surface area (Å²) in [7, 11) is 0. The molecule has 0 aliphatic rings. The van der Waals surface area contributed by atoms with Crippen LogP contribution in [-0.2, 0) is 4.79 Å². The highest BCUT2D eigenvalue weighted by Gasteiger charge is 2.14. The summed E-state index contributed by atoms with van der Waals surface area (Å²) in [5.74, 6) is -0.979. The summed E-state index contributed by atoms with van der Waals surface area (Å²) in [5.41, 5.74) is 0. The van der Waals surface area contributed by atoms with Gasteiger partial charge in [-0.3, -0.25) is 0 Å². The number of aliphatic carboxylic acids is 1. The lowest BCUT2D eigenvalue weighted by Gasteiger charge is -2.03. The average molecular weight is 174 g/mol. The number of rotatable bonds is 2. The first kappa shape index (κ1) is 7.86. The third kappa shape index (κ3) is 1.43. The fraction of sp³-hybridized carbons (Fsp3) is 0.500. The van der Waals surface area contributed by atoms with Crippen LogP contribution in [0.15, 0.2) is 0 Å². The highest BCUT2D eigenvalue weighted by atomic mass is 32.1. The van der Waals surface area contributed by atoms with Crippen molar-refractivity contribution in [1.82, 2.24) is 20.2 Å². The molecule has 60 valence electrons. The standard InChI is InChI=1S/C4H6N4O2S/c1-2(3(9)10)8-4(11)5-6-7-8/h2H,1H3,(H,9,10)(H,5,7,11). The Morgan fingerprint density at radius 1 is 1.91 bits per heavy atom. The molecular formula is C4H6N4O2S. The summed E-state index contributed by atoms with van der Waals surface area (Å²) < 4.78 is 1.33. The molecule has 11 heavy (non-hydrogen) atoms. The van der Waals surface area contributed by atoms with Crippen molar-refractivity contribution >= 4 is 18.2 Å². The zero-order valence-electron chi connectivity index (χ0n) is 5.68. The molecule has 6 nitrogen and oxygen atoms in total. The van der Waals surface area contributed by atoms with Crippen molar-refractivity contribution in [2.75, 3.05) is 0 Å². The van der Waals surface area contributed by atoms with Gasteiger partial charge in [-0.05, 0) is 19.1 Å². The maximum atomic E-state index is 10.4. The number of aromatic amines is 1. The first-order chi connectivity index (χ1) is 5.13. The first-order valence-electron chi connectivity index (χ1n) is 2.85. The summed E-state index contributed by atoms with van der Waals surface area (Å²) in [6.45, 7) is 1.48. The quantitative estimate of drug-likeness (QED) is 0.615. The van der Waals surface area contributed by atoms with Crippen molar-refractivity contribution in [2.45, 2.75) is 13.0 Å². The molecule has 0 aliphatic carbocycles. The molecule has 0 radical (unpaired) electrons. The van der Waals surface area contributed by atoms with Gasteiger partial charge in [0.25, 0.3) is 0 Å². The van der Waals surface area contributed by atoms with E-state index in [0.29, 0.717) is 0 Å². The van der Waals surface area contributed by atoms with Crippen LogP contribution in [0.2, 0.25) is 0 Å². The minimum absolute atomic E-state index is 0.139. The Kier molecular flexibility index (Phi) is 1.99. The number of carboxylic acid groups (broad SMARTS) is 1. The van der Waals surface area contributed by atoms with Crippen LogP contribution in [0.25, 0.3) is 0 Å². The third-order valence-electron chi connectivity index (χ3n) is 1.24. The van der Waals surface area contributed by atoms with Crippen molar-refractivity contribution < 1.29 is 9.90 Å². The van der Waals surface area contributed by atoms with Gasteiger partial charge in [0.1, 0.15) is 6.04 Å². The Morgan fingerprint density at radius 3 is 2.91 bits per heavy atom. The maximum Gasteiger partial charge on any atom is 0.328 e. The summed E-state index contributed by atoms with van der Waals surface area (Å²) in [5, 5.41) is 17.7. The van der Waals surface area contributed by atoms with Gasteiger partial charge in [0.2, 0.25) is 4.77 Å². The van der Waals surface area contributed by atoms with Gasteiger partial charge in [0.15, 0.2) is 0 Å². The van der Waals surface area contributed by atoms with E-state index in [2.05, 4.69) is 27.7 Å². The number of aromatic nitrogens is 4. The number of nitrogens with one attached hydrogen (secondary N) is 1. The van der Waals surface area contributed by atoms with Gasteiger partial charge in [-0.25, -0.2) is 9.48 Å². The van der Waals surface area contributed by atoms with Gasteiger partial charge in [-0.15, -0.1) is 0 Å². The molecule has 1 unspecified atom stereocenters. The summed E-state index contributed by atoms with van der Waals surface area (Å²) in [4.78, 5) is 10.4. The number of nitrogens with zero attached hydrogens (tertiary/aromatic N) is 3. The molecule has 1 heterocycles. The van der Waals surface area contributed by atoms with Crippen LogP contribution in [0.4, 0.5) is 0 Å². The molecule has 0 saturated heterocycles. The predicted molar refractivity (Wildman–Crippen MR) is 37.6 cm³/mol. The van der Waals surface area contributed by atoms with Gasteiger partial charge < -0.3 is 5.11 Å². The molecule has 1 aromatic rings. The molecular weight excluding hydrogens is 168 g/mol. The van der Waals surface area contributed by atoms with E-state index in [0.717, 1.165) is 0 Å². The van der Waals surface area contributed by atoms with Crippen LogP contribution in [0.5, 0.6) is 0 Å². The zero-order valence-corrected chi connectivity index (χ0v) is 6.50. The van der Waals surface area contributed by atoms with E-state index in [1.54, 1.807) is 0 Å². The average Bonchev–Trinajstić information content (AvgIpc) is 2.33. The number of carbonyl (C=O) groups is 1. The third-order valence-corrected chi connectivity index (χ3v) is 1.52. The van der Waals surface area contributed by atoms with Crippen molar-refractivity contribution in [3.63, 3.8) is 0 Å². The van der Waals surface area contributed by atoms with Gasteiger partial charge >= 0.3 is 5.97 Å². The van der Waals surface area contributed by atoms with Crippen molar-refractivity contribution in [1.29, 1.82) is 0 Å². The first-order valence-corrected chi connectivity index (χ1v) is 3.26. The second-order valence-corrected chi connectivity index (χ2v) is 2.33. The van der Waals surface area contributed by atoms with Gasteiger partial charge in [-0.2, -0.15) is 5.21 Å². The smallest absolute Gasteiger partial charge is 0.328 e. The lowest BCUT2D eigenvalue weighted by atomic mass is 10.4. The molecule has 1 aromatic heterocycles. The lowest BCUT2D eigenvalue weighted by molar-refractivity contribution is -0.140. The minimum Gasteiger partial charge on any atom is -0.480 e.